The summed E-state index contributed by atoms with van der Waals surface area (Å²) < 4.78 is 0. The van der Waals surface area contributed by atoms with Crippen LogP contribution in [0.25, 0.3) is 10.4 Å². The number of rotatable bonds is 11. The van der Waals surface area contributed by atoms with Crippen LogP contribution in [-0.4, -0.2) is 105 Å². The second-order valence-electron chi connectivity index (χ2n) is 14.2. The van der Waals surface area contributed by atoms with Crippen molar-refractivity contribution in [2.24, 2.45) is 11.1 Å². The van der Waals surface area contributed by atoms with Gasteiger partial charge in [-0.1, -0.05) is 51.6 Å². The normalized spacial score (nSPS) is 19.6. The number of benzene rings is 1. The molecule has 0 unspecified atom stereocenters. The van der Waals surface area contributed by atoms with Gasteiger partial charge >= 0.3 is 0 Å². The first-order valence-electron chi connectivity index (χ1n) is 16.8. The molecule has 15 heteroatoms. The SMILES string of the molecule is C=C(N[C@H](C)c1ccc(-c2scnc2C)cc1)[C@H]1C[C@H](O)CN1C(=O)[C@H](NC(=O)CN1CCN(c2cc(C(N)=O)nnc2N)CC1)C(C)(C)C. The maximum atomic E-state index is 14.2. The molecule has 5 rings (SSSR count). The fourth-order valence-electron chi connectivity index (χ4n) is 6.48. The summed E-state index contributed by atoms with van der Waals surface area (Å²) in [6.07, 6.45) is -0.363. The molecule has 2 aliphatic heterocycles. The van der Waals surface area contributed by atoms with Gasteiger partial charge < -0.3 is 37.0 Å². The number of carbonyl (C=O) groups is 3. The number of anilines is 2. The molecule has 0 radical (unpaired) electrons. The zero-order valence-electron chi connectivity index (χ0n) is 29.3. The fraction of sp³-hybridized carbons (Fsp3) is 0.486. The molecule has 2 aliphatic rings. The van der Waals surface area contributed by atoms with E-state index in [-0.39, 0.29) is 42.5 Å². The first-order chi connectivity index (χ1) is 23.6. The number of amides is 3. The average Bonchev–Trinajstić information content (AvgIpc) is 3.68. The molecule has 2 fully saturated rings. The largest absolute Gasteiger partial charge is 0.391 e. The Morgan fingerprint density at radius 3 is 2.38 bits per heavy atom. The number of aliphatic hydroxyl groups excluding tert-OH is 1. The fourth-order valence-corrected chi connectivity index (χ4v) is 7.30. The van der Waals surface area contributed by atoms with Crippen molar-refractivity contribution in [3.05, 3.63) is 65.1 Å². The number of hydrogen-bond acceptors (Lipinski definition) is 12. The Kier molecular flexibility index (Phi) is 11.1. The molecule has 50 heavy (non-hydrogen) atoms. The maximum Gasteiger partial charge on any atom is 0.269 e. The third kappa shape index (κ3) is 8.40. The lowest BCUT2D eigenvalue weighted by molar-refractivity contribution is -0.140. The number of aryl methyl sites for hydroxylation is 1. The number of carbonyl (C=O) groups excluding carboxylic acids is 3. The van der Waals surface area contributed by atoms with E-state index in [1.165, 1.54) is 6.07 Å². The minimum atomic E-state index is -0.827. The Bertz CT molecular complexity index is 1710. The van der Waals surface area contributed by atoms with Gasteiger partial charge in [0.05, 0.1) is 40.5 Å². The van der Waals surface area contributed by atoms with Crippen molar-refractivity contribution in [1.82, 2.24) is 35.6 Å². The zero-order chi connectivity index (χ0) is 36.3. The molecular weight excluding hydrogens is 657 g/mol. The summed E-state index contributed by atoms with van der Waals surface area (Å²) in [4.78, 5) is 50.3. The van der Waals surface area contributed by atoms with Crippen LogP contribution >= 0.6 is 11.3 Å². The first-order valence-corrected chi connectivity index (χ1v) is 17.6. The summed E-state index contributed by atoms with van der Waals surface area (Å²) in [5.74, 6) is -1.03. The topological polar surface area (TPSA) is 196 Å². The summed E-state index contributed by atoms with van der Waals surface area (Å²) in [5, 5.41) is 24.8. The lowest BCUT2D eigenvalue weighted by Gasteiger charge is -2.38. The van der Waals surface area contributed by atoms with Crippen LogP contribution in [0.4, 0.5) is 11.5 Å². The number of nitrogen functional groups attached to an aromatic ring is 1. The molecular formula is C35H48N10O4S. The number of β-amino-alcohol motifs (C(OH)–C–C–N with tert-alkyl or cyclic N) is 1. The summed E-state index contributed by atoms with van der Waals surface area (Å²) in [5.41, 5.74) is 17.0. The van der Waals surface area contributed by atoms with Crippen molar-refractivity contribution in [1.29, 1.82) is 0 Å². The summed E-state index contributed by atoms with van der Waals surface area (Å²) >= 11 is 1.61. The quantitative estimate of drug-likeness (QED) is 0.196. The minimum absolute atomic E-state index is 0.0310. The van der Waals surface area contributed by atoms with Gasteiger partial charge in [-0.3, -0.25) is 19.3 Å². The van der Waals surface area contributed by atoms with Crippen LogP contribution in [0.2, 0.25) is 0 Å². The Morgan fingerprint density at radius 1 is 1.10 bits per heavy atom. The number of nitrogens with zero attached hydrogens (tertiary/aromatic N) is 6. The van der Waals surface area contributed by atoms with Crippen LogP contribution in [0.1, 0.15) is 61.9 Å². The average molecular weight is 705 g/mol. The number of aliphatic hydroxyl groups is 1. The van der Waals surface area contributed by atoms with Crippen molar-refractivity contribution < 1.29 is 19.5 Å². The highest BCUT2D eigenvalue weighted by molar-refractivity contribution is 7.13. The zero-order valence-corrected chi connectivity index (χ0v) is 30.2. The molecule has 3 amide bonds. The van der Waals surface area contributed by atoms with Gasteiger partial charge in [0, 0.05) is 50.9 Å². The molecule has 0 bridgehead atoms. The van der Waals surface area contributed by atoms with E-state index in [0.717, 1.165) is 21.7 Å². The van der Waals surface area contributed by atoms with E-state index in [9.17, 15) is 19.5 Å². The Hall–Kier alpha value is -4.60. The number of thiazole rings is 1. The molecule has 4 atom stereocenters. The summed E-state index contributed by atoms with van der Waals surface area (Å²) in [6, 6.07) is 8.47. The van der Waals surface area contributed by atoms with Gasteiger partial charge in [0.25, 0.3) is 5.91 Å². The highest BCUT2D eigenvalue weighted by Crippen LogP contribution is 2.31. The number of primary amides is 1. The Labute approximate surface area is 296 Å². The molecule has 14 nitrogen and oxygen atoms in total. The van der Waals surface area contributed by atoms with E-state index in [2.05, 4.69) is 56.7 Å². The van der Waals surface area contributed by atoms with Gasteiger partial charge in [-0.2, -0.15) is 0 Å². The van der Waals surface area contributed by atoms with Crippen LogP contribution < -0.4 is 27.0 Å². The highest BCUT2D eigenvalue weighted by atomic mass is 32.1. The smallest absolute Gasteiger partial charge is 0.269 e. The van der Waals surface area contributed by atoms with Gasteiger partial charge in [0.1, 0.15) is 6.04 Å². The predicted molar refractivity (Wildman–Crippen MR) is 194 cm³/mol. The van der Waals surface area contributed by atoms with E-state index in [1.807, 2.05) is 49.9 Å². The van der Waals surface area contributed by atoms with Gasteiger partial charge in [-0.15, -0.1) is 21.5 Å². The summed E-state index contributed by atoms with van der Waals surface area (Å²) in [6.45, 7) is 16.5. The number of hydrogen-bond donors (Lipinski definition) is 5. The standard InChI is InChI=1S/C35H48N10O4S/c1-20(23-7-9-24(10-8-23)30-22(3)38-19-50-30)39-21(2)27-15-25(46)17-45(27)34(49)31(35(4,5)6)40-29(47)18-43-11-13-44(14-12-43)28-16-26(33(37)48)41-42-32(28)36/h7-10,16,19-20,25,27,31,39,46H,2,11-15,17-18H2,1,3-6H3,(H2,36,42)(H2,37,48)(H,40,47)/t20-,25+,27-,31+/m1/s1. The van der Waals surface area contributed by atoms with Gasteiger partial charge in [-0.05, 0) is 36.5 Å². The first kappa shape index (κ1) is 36.7. The van der Waals surface area contributed by atoms with E-state index >= 15 is 0 Å². The third-order valence-electron chi connectivity index (χ3n) is 9.34. The lowest BCUT2D eigenvalue weighted by Crippen LogP contribution is -2.58. The van der Waals surface area contributed by atoms with E-state index in [1.54, 1.807) is 16.2 Å². The molecule has 268 valence electrons. The molecule has 7 N–H and O–H groups in total. The molecule has 0 spiro atoms. The number of aromatic nitrogens is 3. The van der Waals surface area contributed by atoms with E-state index < -0.39 is 29.5 Å². The van der Waals surface area contributed by atoms with Crippen LogP contribution in [0.15, 0.2) is 48.1 Å². The maximum absolute atomic E-state index is 14.2. The van der Waals surface area contributed by atoms with Gasteiger partial charge in [0.2, 0.25) is 11.8 Å². The Morgan fingerprint density at radius 2 is 1.78 bits per heavy atom. The third-order valence-corrected chi connectivity index (χ3v) is 10.3. The van der Waals surface area contributed by atoms with Crippen LogP contribution in [0.3, 0.4) is 0 Å². The lowest BCUT2D eigenvalue weighted by atomic mass is 9.85. The van der Waals surface area contributed by atoms with Crippen LogP contribution in [-0.2, 0) is 9.59 Å². The highest BCUT2D eigenvalue weighted by Gasteiger charge is 2.43. The number of nitrogens with two attached hydrogens (primary N) is 2. The molecule has 1 aromatic carbocycles. The Balaban J connectivity index is 1.19. The molecule has 2 aromatic heterocycles. The number of piperazine rings is 1. The van der Waals surface area contributed by atoms with Crippen LogP contribution in [0.5, 0.6) is 0 Å². The molecule has 3 aromatic rings. The van der Waals surface area contributed by atoms with Crippen molar-refractivity contribution in [3.8, 4) is 10.4 Å². The van der Waals surface area contributed by atoms with Crippen molar-refractivity contribution in [3.63, 3.8) is 0 Å². The number of likely N-dealkylation sites (tertiary alicyclic amines) is 1. The van der Waals surface area contributed by atoms with Gasteiger partial charge in [0.15, 0.2) is 11.5 Å². The number of nitrogens with one attached hydrogen (secondary N) is 2. The monoisotopic (exact) mass is 704 g/mol. The van der Waals surface area contributed by atoms with Crippen molar-refractivity contribution in [2.75, 3.05) is 49.9 Å². The molecule has 0 saturated carbocycles. The van der Waals surface area contributed by atoms with Crippen molar-refractivity contribution in [2.45, 2.75) is 65.3 Å². The minimum Gasteiger partial charge on any atom is -0.391 e. The molecule has 2 saturated heterocycles. The second-order valence-corrected chi connectivity index (χ2v) is 15.0. The second kappa shape index (κ2) is 15.1. The summed E-state index contributed by atoms with van der Waals surface area (Å²) in [7, 11) is 0. The predicted octanol–water partition coefficient (Wildman–Crippen LogP) is 2.07. The van der Waals surface area contributed by atoms with Crippen molar-refractivity contribution >= 4 is 40.6 Å². The van der Waals surface area contributed by atoms with Gasteiger partial charge in [-0.25, -0.2) is 4.98 Å². The molecule has 4 heterocycles. The molecule has 0 aliphatic carbocycles. The van der Waals surface area contributed by atoms with Crippen LogP contribution in [0, 0.1) is 12.3 Å². The van der Waals surface area contributed by atoms with E-state index in [4.69, 9.17) is 11.5 Å². The van der Waals surface area contributed by atoms with E-state index in [0.29, 0.717) is 44.0 Å².